The van der Waals surface area contributed by atoms with E-state index in [1.54, 1.807) is 24.3 Å². The zero-order valence-electron chi connectivity index (χ0n) is 16.4. The molecular weight excluding hydrogens is 398 g/mol. The molecule has 0 saturated carbocycles. The number of nitro groups is 1. The molecule has 0 aliphatic heterocycles. The first-order chi connectivity index (χ1) is 14.9. The van der Waals surface area contributed by atoms with Crippen LogP contribution in [0.1, 0.15) is 11.1 Å². The molecule has 4 aromatic rings. The number of fused-ring (bicyclic) bond motifs is 1. The normalized spacial score (nSPS) is 11.1. The summed E-state index contributed by atoms with van der Waals surface area (Å²) in [6.07, 6.45) is 2.75. The highest BCUT2D eigenvalue weighted by atomic mass is 16.6. The smallest absolute Gasteiger partial charge is 0.270 e. The summed E-state index contributed by atoms with van der Waals surface area (Å²) in [5.74, 6) is -0.230. The van der Waals surface area contributed by atoms with Gasteiger partial charge in [-0.2, -0.15) is 0 Å². The molecule has 0 fully saturated rings. The highest BCUT2D eigenvalue weighted by molar-refractivity contribution is 6.02. The van der Waals surface area contributed by atoms with Crippen LogP contribution in [0, 0.1) is 17.0 Å². The molecule has 8 heteroatoms. The molecule has 4 rings (SSSR count). The minimum Gasteiger partial charge on any atom is -0.507 e. The SMILES string of the molecule is Cc1ccc2oc(-c3cc(NC(=O)C=Cc4cccc([N+](=O)[O-])c4)ccc3O)nc2c1. The molecule has 2 N–H and O–H groups in total. The first-order valence-electron chi connectivity index (χ1n) is 9.33. The van der Waals surface area contributed by atoms with Gasteiger partial charge < -0.3 is 14.8 Å². The summed E-state index contributed by atoms with van der Waals surface area (Å²) in [6.45, 7) is 1.95. The minimum atomic E-state index is -0.497. The van der Waals surface area contributed by atoms with Gasteiger partial charge >= 0.3 is 0 Å². The predicted octanol–water partition coefficient (Wildman–Crippen LogP) is 5.07. The average molecular weight is 415 g/mol. The van der Waals surface area contributed by atoms with Crippen LogP contribution in [0.5, 0.6) is 5.75 Å². The lowest BCUT2D eigenvalue weighted by molar-refractivity contribution is -0.384. The third kappa shape index (κ3) is 4.43. The van der Waals surface area contributed by atoms with Crippen molar-refractivity contribution in [1.82, 2.24) is 4.98 Å². The Kier molecular flexibility index (Phi) is 5.19. The summed E-state index contributed by atoms with van der Waals surface area (Å²) in [5.41, 5.74) is 3.54. The van der Waals surface area contributed by atoms with Gasteiger partial charge in [-0.1, -0.05) is 18.2 Å². The van der Waals surface area contributed by atoms with Crippen molar-refractivity contribution in [3.8, 4) is 17.2 Å². The number of hydrogen-bond donors (Lipinski definition) is 2. The first-order valence-corrected chi connectivity index (χ1v) is 9.33. The third-order valence-corrected chi connectivity index (χ3v) is 4.55. The second-order valence-corrected chi connectivity index (χ2v) is 6.90. The maximum atomic E-state index is 12.3. The molecule has 31 heavy (non-hydrogen) atoms. The molecular formula is C23H17N3O5. The van der Waals surface area contributed by atoms with Gasteiger partial charge in [0, 0.05) is 23.9 Å². The Bertz CT molecular complexity index is 1340. The van der Waals surface area contributed by atoms with Gasteiger partial charge in [-0.15, -0.1) is 0 Å². The van der Waals surface area contributed by atoms with Crippen molar-refractivity contribution in [3.05, 3.63) is 88.0 Å². The van der Waals surface area contributed by atoms with Crippen molar-refractivity contribution in [2.45, 2.75) is 6.92 Å². The zero-order valence-corrected chi connectivity index (χ0v) is 16.4. The zero-order chi connectivity index (χ0) is 22.0. The monoisotopic (exact) mass is 415 g/mol. The van der Waals surface area contributed by atoms with E-state index in [0.29, 0.717) is 27.9 Å². The van der Waals surface area contributed by atoms with Crippen LogP contribution in [0.4, 0.5) is 11.4 Å². The van der Waals surface area contributed by atoms with E-state index in [1.165, 1.54) is 30.4 Å². The summed E-state index contributed by atoms with van der Waals surface area (Å²) in [7, 11) is 0. The Balaban J connectivity index is 1.54. The summed E-state index contributed by atoms with van der Waals surface area (Å²) in [4.78, 5) is 27.1. The molecule has 0 radical (unpaired) electrons. The quantitative estimate of drug-likeness (QED) is 0.203. The third-order valence-electron chi connectivity index (χ3n) is 4.55. The fourth-order valence-corrected chi connectivity index (χ4v) is 3.04. The number of carbonyl (C=O) groups is 1. The molecule has 1 amide bonds. The lowest BCUT2D eigenvalue weighted by Crippen LogP contribution is -2.07. The number of hydrogen-bond acceptors (Lipinski definition) is 6. The van der Waals surface area contributed by atoms with E-state index in [1.807, 2.05) is 25.1 Å². The number of nitrogens with one attached hydrogen (secondary N) is 1. The number of aryl methyl sites for hydroxylation is 1. The van der Waals surface area contributed by atoms with E-state index in [2.05, 4.69) is 10.3 Å². The number of oxazole rings is 1. The highest BCUT2D eigenvalue weighted by Gasteiger charge is 2.14. The van der Waals surface area contributed by atoms with E-state index in [-0.39, 0.29) is 17.3 Å². The molecule has 1 aromatic heterocycles. The number of amides is 1. The average Bonchev–Trinajstić information content (AvgIpc) is 3.16. The largest absolute Gasteiger partial charge is 0.507 e. The topological polar surface area (TPSA) is 118 Å². The van der Waals surface area contributed by atoms with Crippen molar-refractivity contribution < 1.29 is 19.2 Å². The summed E-state index contributed by atoms with van der Waals surface area (Å²) < 4.78 is 5.73. The standard InChI is InChI=1S/C23H17N3O5/c1-14-5-9-21-19(11-14)25-23(31-21)18-13-16(7-8-20(18)27)24-22(28)10-6-15-3-2-4-17(12-15)26(29)30/h2-13,27H,1H3,(H,24,28). The van der Waals surface area contributed by atoms with Gasteiger partial charge in [0.2, 0.25) is 11.8 Å². The predicted molar refractivity (Wildman–Crippen MR) is 117 cm³/mol. The molecule has 0 unspecified atom stereocenters. The van der Waals surface area contributed by atoms with Crippen molar-refractivity contribution in [3.63, 3.8) is 0 Å². The maximum absolute atomic E-state index is 12.3. The number of anilines is 1. The molecule has 154 valence electrons. The Hall–Kier alpha value is -4.46. The fourth-order valence-electron chi connectivity index (χ4n) is 3.04. The number of nitrogens with zero attached hydrogens (tertiary/aromatic N) is 2. The van der Waals surface area contributed by atoms with Crippen molar-refractivity contribution >= 4 is 34.5 Å². The number of aromatic hydroxyl groups is 1. The number of carbonyl (C=O) groups excluding carboxylic acids is 1. The molecule has 0 atom stereocenters. The Morgan fingerprint density at radius 2 is 2.00 bits per heavy atom. The highest BCUT2D eigenvalue weighted by Crippen LogP contribution is 2.33. The van der Waals surface area contributed by atoms with Gasteiger partial charge in [0.1, 0.15) is 11.3 Å². The number of non-ortho nitro benzene ring substituents is 1. The molecule has 0 aliphatic rings. The molecule has 0 bridgehead atoms. The van der Waals surface area contributed by atoms with Crippen LogP contribution in [-0.4, -0.2) is 20.9 Å². The second-order valence-electron chi connectivity index (χ2n) is 6.90. The van der Waals surface area contributed by atoms with Crippen LogP contribution in [0.25, 0.3) is 28.6 Å². The van der Waals surface area contributed by atoms with Crippen LogP contribution in [-0.2, 0) is 4.79 Å². The van der Waals surface area contributed by atoms with Gasteiger partial charge in [-0.05, 0) is 54.5 Å². The van der Waals surface area contributed by atoms with Crippen LogP contribution < -0.4 is 5.32 Å². The van der Waals surface area contributed by atoms with E-state index < -0.39 is 10.8 Å². The lowest BCUT2D eigenvalue weighted by atomic mass is 10.1. The molecule has 0 saturated heterocycles. The lowest BCUT2D eigenvalue weighted by Gasteiger charge is -2.06. The summed E-state index contributed by atoms with van der Waals surface area (Å²) in [6, 6.07) is 16.1. The van der Waals surface area contributed by atoms with Crippen LogP contribution in [0.3, 0.4) is 0 Å². The molecule has 1 heterocycles. The van der Waals surface area contributed by atoms with Gasteiger partial charge in [-0.25, -0.2) is 4.98 Å². The number of aromatic nitrogens is 1. The van der Waals surface area contributed by atoms with E-state index in [9.17, 15) is 20.0 Å². The Morgan fingerprint density at radius 3 is 2.81 bits per heavy atom. The minimum absolute atomic E-state index is 0.0339. The second kappa shape index (κ2) is 8.11. The van der Waals surface area contributed by atoms with Gasteiger partial charge in [0.05, 0.1) is 10.5 Å². The number of benzene rings is 3. The molecule has 0 aliphatic carbocycles. The van der Waals surface area contributed by atoms with E-state index in [0.717, 1.165) is 5.56 Å². The van der Waals surface area contributed by atoms with Crippen molar-refractivity contribution in [1.29, 1.82) is 0 Å². The number of rotatable bonds is 5. The van der Waals surface area contributed by atoms with Crippen LogP contribution in [0.2, 0.25) is 0 Å². The van der Waals surface area contributed by atoms with Crippen LogP contribution >= 0.6 is 0 Å². The summed E-state index contributed by atoms with van der Waals surface area (Å²) in [5, 5.41) is 23.8. The first kappa shape index (κ1) is 19.8. The fraction of sp³-hybridized carbons (Fsp3) is 0.0435. The van der Waals surface area contributed by atoms with Crippen molar-refractivity contribution in [2.75, 3.05) is 5.32 Å². The Morgan fingerprint density at radius 1 is 1.16 bits per heavy atom. The number of phenols is 1. The van der Waals surface area contributed by atoms with Gasteiger partial charge in [-0.3, -0.25) is 14.9 Å². The van der Waals surface area contributed by atoms with E-state index in [4.69, 9.17) is 4.42 Å². The number of nitro benzene ring substituents is 1. The van der Waals surface area contributed by atoms with Gasteiger partial charge in [0.15, 0.2) is 5.58 Å². The number of phenolic OH excluding ortho intramolecular Hbond substituents is 1. The Labute approximate surface area is 176 Å². The molecule has 0 spiro atoms. The maximum Gasteiger partial charge on any atom is 0.270 e. The van der Waals surface area contributed by atoms with Gasteiger partial charge in [0.25, 0.3) is 5.69 Å². The molecule has 3 aromatic carbocycles. The van der Waals surface area contributed by atoms with E-state index >= 15 is 0 Å². The van der Waals surface area contributed by atoms with Crippen molar-refractivity contribution in [2.24, 2.45) is 0 Å². The summed E-state index contributed by atoms with van der Waals surface area (Å²) >= 11 is 0. The van der Waals surface area contributed by atoms with Crippen LogP contribution in [0.15, 0.2) is 71.2 Å². The molecule has 8 nitrogen and oxygen atoms in total.